The number of aromatic nitrogens is 2. The summed E-state index contributed by atoms with van der Waals surface area (Å²) in [6.45, 7) is -0.169. The molecule has 45 heavy (non-hydrogen) atoms. The van der Waals surface area contributed by atoms with Gasteiger partial charge in [0.05, 0.1) is 35.2 Å². The lowest BCUT2D eigenvalue weighted by atomic mass is 10.2. The Balaban J connectivity index is 0.00000276. The number of H-pyrrole nitrogens is 1. The first kappa shape index (κ1) is 35.7. The molecule has 2 aromatic heterocycles. The highest BCUT2D eigenvalue weighted by molar-refractivity contribution is 7.18. The van der Waals surface area contributed by atoms with Crippen molar-refractivity contribution >= 4 is 88.9 Å². The molecule has 0 aliphatic carbocycles. The molecule has 2 atom stereocenters. The number of ether oxygens (including phenoxy) is 3. The van der Waals surface area contributed by atoms with Crippen LogP contribution < -0.4 is 15.5 Å². The van der Waals surface area contributed by atoms with E-state index < -0.39 is 42.6 Å². The largest absolute Gasteiger partial charge is 0.454 e. The molecule has 3 N–H and O–H groups in total. The predicted octanol–water partition coefficient (Wildman–Crippen LogP) is 2.44. The molecule has 2 fully saturated rings. The molecule has 0 unspecified atom stereocenters. The smallest absolute Gasteiger partial charge is 0.414 e. The number of halogens is 3. The SMILES string of the molecule is Cl.Cl.N[C@@H](Cc1cnc[nH]1)C(=O)OCC(=O)N(C[C@H]1CN(c2ccc(N3CCOCC3=O)cc2)C(=O)O1)C(=O)c1ccc(Cl)s1. The van der Waals surface area contributed by atoms with Crippen molar-refractivity contribution < 1.29 is 38.2 Å². The van der Waals surface area contributed by atoms with Crippen molar-refractivity contribution in [2.45, 2.75) is 18.6 Å². The Morgan fingerprint density at radius 1 is 1.13 bits per heavy atom. The molecule has 14 nitrogen and oxygen atoms in total. The lowest BCUT2D eigenvalue weighted by Crippen LogP contribution is -2.45. The number of carbonyl (C=O) groups is 5. The number of anilines is 2. The summed E-state index contributed by atoms with van der Waals surface area (Å²) < 4.78 is 16.1. The summed E-state index contributed by atoms with van der Waals surface area (Å²) in [4.78, 5) is 74.5. The van der Waals surface area contributed by atoms with Crippen LogP contribution in [0.2, 0.25) is 4.34 Å². The molecular weight excluding hydrogens is 675 g/mol. The fourth-order valence-corrected chi connectivity index (χ4v) is 5.52. The first-order valence-corrected chi connectivity index (χ1v) is 14.3. The lowest BCUT2D eigenvalue weighted by Gasteiger charge is -2.27. The first-order chi connectivity index (χ1) is 20.7. The summed E-state index contributed by atoms with van der Waals surface area (Å²) in [5, 5.41) is 0. The second kappa shape index (κ2) is 16.0. The molecule has 2 aliphatic rings. The maximum atomic E-state index is 13.3. The number of imide groups is 1. The van der Waals surface area contributed by atoms with E-state index in [1.165, 1.54) is 29.6 Å². The van der Waals surface area contributed by atoms with Gasteiger partial charge in [-0.3, -0.25) is 29.0 Å². The third-order valence-corrected chi connectivity index (χ3v) is 7.90. The Kier molecular flexibility index (Phi) is 12.7. The Morgan fingerprint density at radius 3 is 2.47 bits per heavy atom. The van der Waals surface area contributed by atoms with Crippen molar-refractivity contribution in [1.29, 1.82) is 0 Å². The van der Waals surface area contributed by atoms with Gasteiger partial charge in [-0.15, -0.1) is 36.2 Å². The van der Waals surface area contributed by atoms with Crippen LogP contribution in [0.5, 0.6) is 0 Å². The molecule has 4 amide bonds. The summed E-state index contributed by atoms with van der Waals surface area (Å²) in [7, 11) is 0. The van der Waals surface area contributed by atoms with Gasteiger partial charge in [0.25, 0.3) is 17.7 Å². The number of amides is 4. The predicted molar refractivity (Wildman–Crippen MR) is 168 cm³/mol. The number of morpholine rings is 1. The number of aromatic amines is 1. The molecule has 4 heterocycles. The van der Waals surface area contributed by atoms with Gasteiger partial charge in [-0.05, 0) is 36.4 Å². The van der Waals surface area contributed by atoms with Crippen LogP contribution in [0.25, 0.3) is 0 Å². The minimum Gasteiger partial charge on any atom is -0.454 e. The number of nitrogens with two attached hydrogens (primary N) is 1. The summed E-state index contributed by atoms with van der Waals surface area (Å²) in [6.07, 6.45) is 1.51. The quantitative estimate of drug-likeness (QED) is 0.298. The molecule has 18 heteroatoms. The van der Waals surface area contributed by atoms with E-state index in [2.05, 4.69) is 9.97 Å². The van der Waals surface area contributed by atoms with Crippen LogP contribution in [0.3, 0.4) is 0 Å². The van der Waals surface area contributed by atoms with Gasteiger partial charge >= 0.3 is 12.1 Å². The van der Waals surface area contributed by atoms with Crippen LogP contribution in [-0.4, -0.2) is 96.3 Å². The van der Waals surface area contributed by atoms with E-state index in [0.29, 0.717) is 34.6 Å². The number of nitrogens with one attached hydrogen (secondary N) is 1. The molecule has 5 rings (SSSR count). The number of nitrogens with zero attached hydrogens (tertiary/aromatic N) is 4. The summed E-state index contributed by atoms with van der Waals surface area (Å²) >= 11 is 6.97. The van der Waals surface area contributed by atoms with Crippen LogP contribution >= 0.6 is 47.8 Å². The maximum absolute atomic E-state index is 13.3. The van der Waals surface area contributed by atoms with E-state index >= 15 is 0 Å². The molecule has 1 aromatic carbocycles. The molecule has 0 radical (unpaired) electrons. The number of benzene rings is 1. The van der Waals surface area contributed by atoms with E-state index in [1.54, 1.807) is 29.2 Å². The van der Waals surface area contributed by atoms with Crippen molar-refractivity contribution in [3.63, 3.8) is 0 Å². The second-order valence-electron chi connectivity index (χ2n) is 9.64. The van der Waals surface area contributed by atoms with Crippen LogP contribution in [0.15, 0.2) is 48.9 Å². The molecule has 2 saturated heterocycles. The highest BCUT2D eigenvalue weighted by atomic mass is 35.5. The van der Waals surface area contributed by atoms with E-state index in [0.717, 1.165) is 16.2 Å². The zero-order valence-corrected chi connectivity index (χ0v) is 26.7. The fraction of sp³-hybridized carbons (Fsp3) is 0.333. The van der Waals surface area contributed by atoms with E-state index in [-0.39, 0.29) is 61.7 Å². The monoisotopic (exact) mass is 702 g/mol. The topological polar surface area (TPSA) is 177 Å². The Labute approximate surface area is 278 Å². The highest BCUT2D eigenvalue weighted by Gasteiger charge is 2.37. The number of hydrogen-bond donors (Lipinski definition) is 2. The number of carbonyl (C=O) groups excluding carboxylic acids is 5. The van der Waals surface area contributed by atoms with Crippen molar-refractivity contribution in [1.82, 2.24) is 14.9 Å². The van der Waals surface area contributed by atoms with Crippen molar-refractivity contribution in [2.24, 2.45) is 5.73 Å². The Hall–Kier alpha value is -3.73. The van der Waals surface area contributed by atoms with E-state index in [4.69, 9.17) is 31.5 Å². The first-order valence-electron chi connectivity index (χ1n) is 13.2. The van der Waals surface area contributed by atoms with Crippen molar-refractivity contribution in [3.8, 4) is 0 Å². The zero-order valence-electron chi connectivity index (χ0n) is 23.5. The standard InChI is InChI=1S/C27H27ClN6O8S.2ClH/c28-22-6-5-21(43-22)25(37)34(24(36)14-41-26(38)20(29)9-16-10-30-15-31-16)12-19-11-33(27(39)42-19)18-3-1-17(2-4-18)32-7-8-40-13-23(32)35;;/h1-6,10,15,19-20H,7-9,11-14,29H2,(H,30,31);2*1H/t19-,20+;;/m1../s1. The van der Waals surface area contributed by atoms with Gasteiger partial charge in [0.1, 0.15) is 18.8 Å². The number of thiophene rings is 1. The van der Waals surface area contributed by atoms with E-state index in [9.17, 15) is 24.0 Å². The Morgan fingerprint density at radius 2 is 1.84 bits per heavy atom. The van der Waals surface area contributed by atoms with Crippen LogP contribution in [0, 0.1) is 0 Å². The fourth-order valence-electron chi connectivity index (χ4n) is 4.53. The molecule has 0 spiro atoms. The summed E-state index contributed by atoms with van der Waals surface area (Å²) in [6, 6.07) is 8.70. The van der Waals surface area contributed by atoms with E-state index in [1.807, 2.05) is 0 Å². The number of cyclic esters (lactones) is 1. The number of esters is 1. The molecule has 0 saturated carbocycles. The lowest BCUT2D eigenvalue weighted by molar-refractivity contribution is -0.152. The minimum atomic E-state index is -1.06. The third-order valence-electron chi connectivity index (χ3n) is 6.68. The number of rotatable bonds is 10. The number of imidazole rings is 1. The van der Waals surface area contributed by atoms with Gasteiger partial charge in [0.15, 0.2) is 6.61 Å². The molecule has 0 bridgehead atoms. The zero-order chi connectivity index (χ0) is 30.5. The molecule has 3 aromatic rings. The summed E-state index contributed by atoms with van der Waals surface area (Å²) in [5.41, 5.74) is 7.67. The number of hydrogen-bond acceptors (Lipinski definition) is 11. The molecular formula is C27H29Cl3N6O8S. The van der Waals surface area contributed by atoms with Gasteiger partial charge in [-0.25, -0.2) is 9.78 Å². The third kappa shape index (κ3) is 8.71. The second-order valence-corrected chi connectivity index (χ2v) is 11.4. The van der Waals surface area contributed by atoms with Gasteiger partial charge in [0.2, 0.25) is 0 Å². The maximum Gasteiger partial charge on any atom is 0.414 e. The van der Waals surface area contributed by atoms with Crippen molar-refractivity contribution in [3.05, 3.63) is 63.8 Å². The van der Waals surface area contributed by atoms with Gasteiger partial charge in [-0.1, -0.05) is 11.6 Å². The average Bonchev–Trinajstić information content (AvgIpc) is 3.76. The van der Waals surface area contributed by atoms with Gasteiger partial charge < -0.3 is 29.8 Å². The van der Waals surface area contributed by atoms with Crippen LogP contribution in [0.4, 0.5) is 16.2 Å². The molecule has 2 aliphatic heterocycles. The highest BCUT2D eigenvalue weighted by Crippen LogP contribution is 2.27. The van der Waals surface area contributed by atoms with Gasteiger partial charge in [-0.2, -0.15) is 0 Å². The average molecular weight is 704 g/mol. The normalized spacial score (nSPS) is 16.7. The molecule has 242 valence electrons. The minimum absolute atomic E-state index is 0. The summed E-state index contributed by atoms with van der Waals surface area (Å²) in [5.74, 6) is -2.51. The van der Waals surface area contributed by atoms with Crippen molar-refractivity contribution in [2.75, 3.05) is 49.3 Å². The van der Waals surface area contributed by atoms with Crippen LogP contribution in [0.1, 0.15) is 15.4 Å². The van der Waals surface area contributed by atoms with Crippen LogP contribution in [-0.2, 0) is 35.0 Å². The van der Waals surface area contributed by atoms with Gasteiger partial charge in [0, 0.05) is 36.2 Å². The Bertz CT molecular complexity index is 1510.